The zero-order valence-electron chi connectivity index (χ0n) is 26.6. The van der Waals surface area contributed by atoms with Crippen LogP contribution >= 0.6 is 7.14 Å². The zero-order chi connectivity index (χ0) is 33.2. The third-order valence-corrected chi connectivity index (χ3v) is 12.7. The molecule has 0 bridgehead atoms. The topological polar surface area (TPSA) is 81.5 Å². The molecular weight excluding hydrogens is 633 g/mol. The lowest BCUT2D eigenvalue weighted by Gasteiger charge is -2.16. The first-order valence-corrected chi connectivity index (χ1v) is 18.2. The number of rotatable bonds is 4. The average Bonchev–Trinajstić information content (AvgIpc) is 3.45. The van der Waals surface area contributed by atoms with Crippen LogP contribution in [0.1, 0.15) is 0 Å². The summed E-state index contributed by atoms with van der Waals surface area (Å²) in [6.45, 7) is 0. The molecule has 1 unspecified atom stereocenters. The smallest absolute Gasteiger partial charge is 0.172 e. The van der Waals surface area contributed by atoms with Crippen LogP contribution in [0.15, 0.2) is 158 Å². The van der Waals surface area contributed by atoms with Crippen molar-refractivity contribution in [1.29, 1.82) is 0 Å². The monoisotopic (exact) mass is 659 g/mol. The van der Waals surface area contributed by atoms with Crippen molar-refractivity contribution in [2.75, 3.05) is 0 Å². The highest BCUT2D eigenvalue weighted by Crippen LogP contribution is 2.52. The second kappa shape index (κ2) is 11.1. The second-order valence-corrected chi connectivity index (χ2v) is 15.1. The van der Waals surface area contributed by atoms with E-state index in [-0.39, 0.29) is 0 Å². The fourth-order valence-corrected chi connectivity index (χ4v) is 10.3. The first kappa shape index (κ1) is 28.6. The average molecular weight is 660 g/mol. The molecule has 0 saturated carbocycles. The van der Waals surface area contributed by atoms with Gasteiger partial charge in [-0.3, -0.25) is 4.98 Å². The highest BCUT2D eigenvalue weighted by Gasteiger charge is 2.40. The van der Waals surface area contributed by atoms with Gasteiger partial charge >= 0.3 is 0 Å². The van der Waals surface area contributed by atoms with Gasteiger partial charge in [-0.2, -0.15) is 0 Å². The van der Waals surface area contributed by atoms with Gasteiger partial charge in [-0.1, -0.05) is 121 Å². The first-order chi connectivity index (χ1) is 24.6. The summed E-state index contributed by atoms with van der Waals surface area (Å²) < 4.78 is 15.3. The fourth-order valence-electron chi connectivity index (χ4n) is 7.18. The molecule has 1 aliphatic rings. The Balaban J connectivity index is 1.23. The van der Waals surface area contributed by atoms with Crippen LogP contribution in [0.4, 0.5) is 0 Å². The van der Waals surface area contributed by atoms with Crippen molar-refractivity contribution >= 4 is 55.8 Å². The molecule has 0 radical (unpaired) electrons. The predicted octanol–water partition coefficient (Wildman–Crippen LogP) is 8.74. The molecule has 0 saturated heterocycles. The minimum absolute atomic E-state index is 0.501. The Bertz CT molecular complexity index is 2860. The molecule has 0 spiro atoms. The number of pyridine rings is 2. The SMILES string of the molecule is O=P1(c2ccccc2)c2ccccc2-c2ccc(-c3nc(-c4ccccc4)nc(-c4cc5cc6ccccc6nc5c5ncccc45)n3)cc21. The number of aromatic nitrogens is 5. The van der Waals surface area contributed by atoms with E-state index in [1.54, 1.807) is 6.20 Å². The van der Waals surface area contributed by atoms with E-state index in [2.05, 4.69) is 30.3 Å². The molecule has 6 aromatic carbocycles. The molecule has 0 N–H and O–H groups in total. The summed E-state index contributed by atoms with van der Waals surface area (Å²) >= 11 is 0. The van der Waals surface area contributed by atoms with E-state index in [4.69, 9.17) is 24.9 Å². The maximum atomic E-state index is 15.3. The normalized spacial score (nSPS) is 15.0. The zero-order valence-corrected chi connectivity index (χ0v) is 27.5. The van der Waals surface area contributed by atoms with Crippen LogP contribution in [0.2, 0.25) is 0 Å². The summed E-state index contributed by atoms with van der Waals surface area (Å²) in [5.74, 6) is 1.58. The third kappa shape index (κ3) is 4.36. The molecule has 10 rings (SSSR count). The molecule has 50 heavy (non-hydrogen) atoms. The van der Waals surface area contributed by atoms with Gasteiger partial charge in [0.1, 0.15) is 0 Å². The van der Waals surface area contributed by atoms with E-state index in [0.717, 1.165) is 76.4 Å². The Morgan fingerprint density at radius 3 is 2.00 bits per heavy atom. The number of para-hydroxylation sites is 1. The predicted molar refractivity (Wildman–Crippen MR) is 203 cm³/mol. The van der Waals surface area contributed by atoms with Gasteiger partial charge < -0.3 is 4.57 Å². The van der Waals surface area contributed by atoms with Crippen LogP contribution in [0.3, 0.4) is 0 Å². The maximum absolute atomic E-state index is 15.3. The van der Waals surface area contributed by atoms with E-state index < -0.39 is 7.14 Å². The van der Waals surface area contributed by atoms with E-state index in [1.807, 2.05) is 121 Å². The largest absolute Gasteiger partial charge is 0.309 e. The van der Waals surface area contributed by atoms with Crippen molar-refractivity contribution in [3.63, 3.8) is 0 Å². The lowest BCUT2D eigenvalue weighted by Crippen LogP contribution is -2.20. The molecule has 0 amide bonds. The molecule has 6 nitrogen and oxygen atoms in total. The Morgan fingerprint density at radius 2 is 1.14 bits per heavy atom. The van der Waals surface area contributed by atoms with Crippen molar-refractivity contribution in [3.8, 4) is 45.3 Å². The van der Waals surface area contributed by atoms with Crippen LogP contribution in [0.25, 0.3) is 78.0 Å². The summed E-state index contributed by atoms with van der Waals surface area (Å²) in [6, 6.07) is 50.2. The maximum Gasteiger partial charge on any atom is 0.172 e. The molecule has 1 aliphatic heterocycles. The molecule has 0 aliphatic carbocycles. The van der Waals surface area contributed by atoms with Crippen LogP contribution < -0.4 is 15.9 Å². The molecule has 1 atom stereocenters. The summed E-state index contributed by atoms with van der Waals surface area (Å²) in [4.78, 5) is 25.1. The number of fused-ring (bicyclic) bond motifs is 7. The van der Waals surface area contributed by atoms with Gasteiger partial charge in [-0.15, -0.1) is 0 Å². The van der Waals surface area contributed by atoms with Crippen molar-refractivity contribution in [2.24, 2.45) is 0 Å². The van der Waals surface area contributed by atoms with Gasteiger partial charge in [-0.05, 0) is 41.5 Å². The van der Waals surface area contributed by atoms with Crippen molar-refractivity contribution in [2.45, 2.75) is 0 Å². The Labute approximate surface area is 287 Å². The van der Waals surface area contributed by atoms with Gasteiger partial charge in [0.25, 0.3) is 0 Å². The van der Waals surface area contributed by atoms with E-state index in [1.165, 1.54) is 0 Å². The molecule has 0 fully saturated rings. The number of hydrogen-bond donors (Lipinski definition) is 0. The standard InChI is InChI=1S/C43H26N5OP/c49-50(31-15-5-2-6-16-31)37-20-10-8-17-32(37)33-22-21-29(26-38(33)50)42-46-41(27-12-3-1-4-13-27)47-43(48-42)35-25-30-24-28-14-7-9-19-36(28)45-39(30)40-34(35)18-11-23-44-40/h1-26H. The van der Waals surface area contributed by atoms with Crippen LogP contribution in [0.5, 0.6) is 0 Å². The van der Waals surface area contributed by atoms with Crippen LogP contribution in [-0.2, 0) is 4.57 Å². The van der Waals surface area contributed by atoms with Crippen molar-refractivity contribution in [3.05, 3.63) is 158 Å². The van der Waals surface area contributed by atoms with E-state index in [9.17, 15) is 0 Å². The summed E-state index contributed by atoms with van der Waals surface area (Å²) in [5, 5.41) is 5.36. The minimum atomic E-state index is -3.16. The Kier molecular flexibility index (Phi) is 6.35. The minimum Gasteiger partial charge on any atom is -0.309 e. The summed E-state index contributed by atoms with van der Waals surface area (Å²) in [6.07, 6.45) is 1.80. The van der Waals surface area contributed by atoms with Gasteiger partial charge in [0.2, 0.25) is 0 Å². The lowest BCUT2D eigenvalue weighted by molar-refractivity contribution is 0.593. The van der Waals surface area contributed by atoms with Crippen LogP contribution in [0, 0.1) is 0 Å². The number of nitrogens with zero attached hydrogens (tertiary/aromatic N) is 5. The highest BCUT2D eigenvalue weighted by molar-refractivity contribution is 7.86. The molecular formula is C43H26N5OP. The van der Waals surface area contributed by atoms with E-state index in [0.29, 0.717) is 17.5 Å². The number of hydrogen-bond acceptors (Lipinski definition) is 6. The fraction of sp³-hybridized carbons (Fsp3) is 0. The quantitative estimate of drug-likeness (QED) is 0.107. The van der Waals surface area contributed by atoms with Crippen molar-refractivity contribution in [1.82, 2.24) is 24.9 Å². The van der Waals surface area contributed by atoms with Gasteiger partial charge in [-0.25, -0.2) is 19.9 Å². The lowest BCUT2D eigenvalue weighted by atomic mass is 10.0. The van der Waals surface area contributed by atoms with Gasteiger partial charge in [0.15, 0.2) is 24.6 Å². The Morgan fingerprint density at radius 1 is 0.440 bits per heavy atom. The van der Waals surface area contributed by atoms with Gasteiger partial charge in [0.05, 0.1) is 16.6 Å². The van der Waals surface area contributed by atoms with Crippen molar-refractivity contribution < 1.29 is 4.57 Å². The summed E-state index contributed by atoms with van der Waals surface area (Å²) in [5.41, 5.74) is 6.98. The van der Waals surface area contributed by atoms with Gasteiger partial charge in [0, 0.05) is 55.0 Å². The second-order valence-electron chi connectivity index (χ2n) is 12.4. The molecule has 7 heteroatoms. The highest BCUT2D eigenvalue weighted by atomic mass is 31.2. The first-order valence-electron chi connectivity index (χ1n) is 16.4. The number of benzene rings is 6. The van der Waals surface area contributed by atoms with Crippen LogP contribution in [-0.4, -0.2) is 24.9 Å². The molecule has 4 heterocycles. The molecule has 234 valence electrons. The molecule has 3 aromatic heterocycles. The third-order valence-electron chi connectivity index (χ3n) is 9.53. The van der Waals surface area contributed by atoms with E-state index >= 15 is 4.57 Å². The summed E-state index contributed by atoms with van der Waals surface area (Å²) in [7, 11) is -3.16. The Hall–Kier alpha value is -6.36. The molecule has 9 aromatic rings.